The van der Waals surface area contributed by atoms with Crippen molar-refractivity contribution in [2.24, 2.45) is 0 Å². The smallest absolute Gasteiger partial charge is 0.0410 e. The third-order valence-corrected chi connectivity index (χ3v) is 5.11. The Labute approximate surface area is 137 Å². The molecule has 1 N–H and O–H groups in total. The lowest BCUT2D eigenvalue weighted by molar-refractivity contribution is 0.0616. The fourth-order valence-corrected chi connectivity index (χ4v) is 3.72. The number of likely N-dealkylation sites (N-methyl/N-ethyl adjacent to an activating group) is 1. The summed E-state index contributed by atoms with van der Waals surface area (Å²) in [7, 11) is 0. The Morgan fingerprint density at radius 2 is 2.00 bits per heavy atom. The summed E-state index contributed by atoms with van der Waals surface area (Å²) in [5, 5.41) is 3.70. The standard InChI is InChI=1S/C17H28BrN3/c1-4-20-16(11-14-10-15(18)13-19-12-14)17(2,3)21-8-6-5-7-9-21/h10,12-13,16,20H,4-9,11H2,1-3H3. The van der Waals surface area contributed by atoms with E-state index in [1.54, 1.807) is 0 Å². The van der Waals surface area contributed by atoms with E-state index in [2.05, 4.69) is 58.0 Å². The van der Waals surface area contributed by atoms with E-state index < -0.39 is 0 Å². The second kappa shape index (κ2) is 7.70. The van der Waals surface area contributed by atoms with Gasteiger partial charge in [-0.1, -0.05) is 13.3 Å². The molecule has 0 aliphatic carbocycles. The third kappa shape index (κ3) is 4.51. The van der Waals surface area contributed by atoms with Crippen molar-refractivity contribution in [3.8, 4) is 0 Å². The van der Waals surface area contributed by atoms with Crippen molar-refractivity contribution in [3.05, 3.63) is 28.5 Å². The molecular formula is C17H28BrN3. The SMILES string of the molecule is CCNC(Cc1cncc(Br)c1)C(C)(C)N1CCCCC1. The molecule has 1 atom stereocenters. The summed E-state index contributed by atoms with van der Waals surface area (Å²) in [4.78, 5) is 6.97. The minimum absolute atomic E-state index is 0.165. The van der Waals surface area contributed by atoms with Gasteiger partial charge in [0.1, 0.15) is 0 Å². The summed E-state index contributed by atoms with van der Waals surface area (Å²) in [5.74, 6) is 0. The van der Waals surface area contributed by atoms with Crippen molar-refractivity contribution < 1.29 is 0 Å². The Bertz CT molecular complexity index is 441. The van der Waals surface area contributed by atoms with Gasteiger partial charge in [-0.15, -0.1) is 0 Å². The molecular weight excluding hydrogens is 326 g/mol. The first kappa shape index (κ1) is 16.9. The van der Waals surface area contributed by atoms with Crippen molar-refractivity contribution >= 4 is 15.9 Å². The number of piperidine rings is 1. The third-order valence-electron chi connectivity index (χ3n) is 4.68. The highest BCUT2D eigenvalue weighted by Crippen LogP contribution is 2.26. The van der Waals surface area contributed by atoms with E-state index >= 15 is 0 Å². The van der Waals surface area contributed by atoms with Crippen LogP contribution in [-0.4, -0.2) is 41.1 Å². The molecule has 1 aliphatic heterocycles. The number of hydrogen-bond donors (Lipinski definition) is 1. The van der Waals surface area contributed by atoms with Crippen LogP contribution in [-0.2, 0) is 6.42 Å². The zero-order valence-corrected chi connectivity index (χ0v) is 15.1. The maximum Gasteiger partial charge on any atom is 0.0410 e. The lowest BCUT2D eigenvalue weighted by Crippen LogP contribution is -2.59. The molecule has 1 fully saturated rings. The van der Waals surface area contributed by atoms with Crippen LogP contribution in [0.5, 0.6) is 0 Å². The number of nitrogens with zero attached hydrogens (tertiary/aromatic N) is 2. The predicted molar refractivity (Wildman–Crippen MR) is 92.6 cm³/mol. The molecule has 3 nitrogen and oxygen atoms in total. The van der Waals surface area contributed by atoms with E-state index in [1.165, 1.54) is 37.9 Å². The van der Waals surface area contributed by atoms with Crippen molar-refractivity contribution in [2.45, 2.75) is 58.0 Å². The predicted octanol–water partition coefficient (Wildman–Crippen LogP) is 3.63. The van der Waals surface area contributed by atoms with Crippen molar-refractivity contribution in [3.63, 3.8) is 0 Å². The molecule has 2 rings (SSSR count). The first-order valence-electron chi connectivity index (χ1n) is 8.12. The molecule has 0 radical (unpaired) electrons. The highest BCUT2D eigenvalue weighted by atomic mass is 79.9. The van der Waals surface area contributed by atoms with Crippen LogP contribution in [0.4, 0.5) is 0 Å². The molecule has 1 unspecified atom stereocenters. The number of likely N-dealkylation sites (tertiary alicyclic amines) is 1. The lowest BCUT2D eigenvalue weighted by Gasteiger charge is -2.46. The Morgan fingerprint density at radius 1 is 1.29 bits per heavy atom. The zero-order valence-electron chi connectivity index (χ0n) is 13.5. The maximum absolute atomic E-state index is 4.30. The quantitative estimate of drug-likeness (QED) is 0.846. The average Bonchev–Trinajstić information content (AvgIpc) is 2.48. The number of halogens is 1. The summed E-state index contributed by atoms with van der Waals surface area (Å²) in [6.45, 7) is 10.4. The molecule has 0 aromatic carbocycles. The number of rotatable bonds is 6. The van der Waals surface area contributed by atoms with Crippen LogP contribution in [0.3, 0.4) is 0 Å². The number of hydrogen-bond acceptors (Lipinski definition) is 3. The van der Waals surface area contributed by atoms with Gasteiger partial charge in [-0.3, -0.25) is 9.88 Å². The Morgan fingerprint density at radius 3 is 2.62 bits per heavy atom. The van der Waals surface area contributed by atoms with E-state index in [0.717, 1.165) is 17.4 Å². The van der Waals surface area contributed by atoms with Crippen LogP contribution in [0, 0.1) is 0 Å². The van der Waals surface area contributed by atoms with Gasteiger partial charge in [0, 0.05) is 28.4 Å². The first-order valence-corrected chi connectivity index (χ1v) is 8.91. The molecule has 0 amide bonds. The normalized spacial score (nSPS) is 18.7. The molecule has 1 saturated heterocycles. The van der Waals surface area contributed by atoms with E-state index in [9.17, 15) is 0 Å². The van der Waals surface area contributed by atoms with Gasteiger partial charge in [-0.2, -0.15) is 0 Å². The topological polar surface area (TPSA) is 28.2 Å². The fourth-order valence-electron chi connectivity index (χ4n) is 3.31. The van der Waals surface area contributed by atoms with Gasteiger partial charge in [0.15, 0.2) is 0 Å². The van der Waals surface area contributed by atoms with Crippen LogP contribution >= 0.6 is 15.9 Å². The van der Waals surface area contributed by atoms with E-state index in [0.29, 0.717) is 6.04 Å². The van der Waals surface area contributed by atoms with Crippen LogP contribution in [0.1, 0.15) is 45.6 Å². The molecule has 2 heterocycles. The number of aromatic nitrogens is 1. The van der Waals surface area contributed by atoms with Gasteiger partial charge in [-0.25, -0.2) is 0 Å². The van der Waals surface area contributed by atoms with E-state index in [1.807, 2.05) is 12.4 Å². The molecule has 4 heteroatoms. The van der Waals surface area contributed by atoms with Crippen molar-refractivity contribution in [1.82, 2.24) is 15.2 Å². The fraction of sp³-hybridized carbons (Fsp3) is 0.706. The van der Waals surface area contributed by atoms with Crippen LogP contribution in [0.25, 0.3) is 0 Å². The monoisotopic (exact) mass is 353 g/mol. The first-order chi connectivity index (χ1) is 10.0. The summed E-state index contributed by atoms with van der Waals surface area (Å²) in [6, 6.07) is 2.63. The van der Waals surface area contributed by atoms with Gasteiger partial charge in [0.2, 0.25) is 0 Å². The van der Waals surface area contributed by atoms with Gasteiger partial charge in [0.25, 0.3) is 0 Å². The summed E-state index contributed by atoms with van der Waals surface area (Å²) < 4.78 is 1.06. The second-order valence-electron chi connectivity index (χ2n) is 6.53. The lowest BCUT2D eigenvalue weighted by atomic mass is 9.86. The second-order valence-corrected chi connectivity index (χ2v) is 7.44. The minimum atomic E-state index is 0.165. The van der Waals surface area contributed by atoms with Crippen molar-refractivity contribution in [2.75, 3.05) is 19.6 Å². The molecule has 21 heavy (non-hydrogen) atoms. The number of pyridine rings is 1. The molecule has 0 spiro atoms. The minimum Gasteiger partial charge on any atom is -0.312 e. The Kier molecular flexibility index (Phi) is 6.20. The van der Waals surface area contributed by atoms with E-state index in [4.69, 9.17) is 0 Å². The highest BCUT2D eigenvalue weighted by molar-refractivity contribution is 9.10. The van der Waals surface area contributed by atoms with E-state index in [-0.39, 0.29) is 5.54 Å². The molecule has 0 bridgehead atoms. The summed E-state index contributed by atoms with van der Waals surface area (Å²) in [5.41, 5.74) is 1.46. The Hall–Kier alpha value is -0.450. The summed E-state index contributed by atoms with van der Waals surface area (Å²) >= 11 is 3.52. The van der Waals surface area contributed by atoms with Crippen LogP contribution in [0.15, 0.2) is 22.9 Å². The number of nitrogens with one attached hydrogen (secondary N) is 1. The molecule has 1 aliphatic rings. The molecule has 0 saturated carbocycles. The van der Waals surface area contributed by atoms with Crippen LogP contribution in [0.2, 0.25) is 0 Å². The van der Waals surface area contributed by atoms with Gasteiger partial charge in [-0.05, 0) is 80.3 Å². The molecule has 1 aromatic heterocycles. The zero-order chi connectivity index (χ0) is 15.3. The maximum atomic E-state index is 4.30. The van der Waals surface area contributed by atoms with Gasteiger partial charge >= 0.3 is 0 Å². The highest BCUT2D eigenvalue weighted by Gasteiger charge is 2.35. The van der Waals surface area contributed by atoms with Crippen LogP contribution < -0.4 is 5.32 Å². The van der Waals surface area contributed by atoms with Gasteiger partial charge < -0.3 is 5.32 Å². The Balaban J connectivity index is 2.12. The van der Waals surface area contributed by atoms with Crippen molar-refractivity contribution in [1.29, 1.82) is 0 Å². The molecule has 118 valence electrons. The van der Waals surface area contributed by atoms with Gasteiger partial charge in [0.05, 0.1) is 0 Å². The average molecular weight is 354 g/mol. The largest absolute Gasteiger partial charge is 0.312 e. The summed E-state index contributed by atoms with van der Waals surface area (Å²) in [6.07, 6.45) is 8.90. The molecule has 1 aromatic rings.